The van der Waals surface area contributed by atoms with Crippen molar-refractivity contribution < 1.29 is 9.47 Å². The minimum atomic E-state index is -0.100. The van der Waals surface area contributed by atoms with Gasteiger partial charge in [-0.25, -0.2) is 0 Å². The van der Waals surface area contributed by atoms with Crippen LogP contribution in [-0.4, -0.2) is 18.0 Å². The predicted octanol–water partition coefficient (Wildman–Crippen LogP) is 11.1. The molecular weight excluding hydrogens is 512 g/mol. The van der Waals surface area contributed by atoms with Crippen molar-refractivity contribution in [2.24, 2.45) is 74.4 Å². The van der Waals surface area contributed by atoms with Gasteiger partial charge >= 0.3 is 0 Å². The summed E-state index contributed by atoms with van der Waals surface area (Å²) in [6.07, 6.45) is 19.7. The Morgan fingerprint density at radius 1 is 0.524 bits per heavy atom. The van der Waals surface area contributed by atoms with Crippen LogP contribution in [-0.2, 0) is 9.47 Å². The highest BCUT2D eigenvalue weighted by atomic mass is 16.7. The molecule has 1 saturated heterocycles. The highest BCUT2D eigenvalue weighted by molar-refractivity contribution is 5.17. The second kappa shape index (κ2) is 9.72. The Labute approximate surface area is 260 Å². The van der Waals surface area contributed by atoms with Crippen molar-refractivity contribution in [3.63, 3.8) is 0 Å². The molecule has 7 rings (SSSR count). The third-order valence-electron chi connectivity index (χ3n) is 17.2. The number of fused-ring (bicyclic) bond motifs is 8. The molecule has 0 N–H and O–H groups in total. The summed E-state index contributed by atoms with van der Waals surface area (Å²) in [7, 11) is 0. The lowest BCUT2D eigenvalue weighted by atomic mass is 9.42. The first-order chi connectivity index (χ1) is 19.6. The molecule has 12 atom stereocenters. The number of hydrogen-bond donors (Lipinski definition) is 0. The molecule has 6 saturated carbocycles. The molecule has 0 aromatic heterocycles. The molecule has 0 spiro atoms. The van der Waals surface area contributed by atoms with Crippen LogP contribution in [0.1, 0.15) is 159 Å². The van der Waals surface area contributed by atoms with Crippen LogP contribution in [0, 0.1) is 74.4 Å². The van der Waals surface area contributed by atoms with Crippen LogP contribution < -0.4 is 0 Å². The minimum absolute atomic E-state index is 0.0104. The van der Waals surface area contributed by atoms with Gasteiger partial charge in [0.05, 0.1) is 6.10 Å². The quantitative estimate of drug-likeness (QED) is 0.330. The lowest BCUT2D eigenvalue weighted by molar-refractivity contribution is -0.237. The number of hydrogen-bond acceptors (Lipinski definition) is 2. The molecule has 6 aliphatic carbocycles. The molecule has 7 aliphatic rings. The fourth-order valence-corrected chi connectivity index (χ4v) is 15.5. The van der Waals surface area contributed by atoms with Crippen molar-refractivity contribution in [1.29, 1.82) is 0 Å². The van der Waals surface area contributed by atoms with E-state index >= 15 is 0 Å². The fraction of sp³-hybridized carbons (Fsp3) is 1.00. The summed E-state index contributed by atoms with van der Waals surface area (Å²) in [5.74, 6) is 5.90. The molecule has 0 amide bonds. The maximum absolute atomic E-state index is 7.85. The highest BCUT2D eigenvalue weighted by Crippen LogP contribution is 2.73. The van der Waals surface area contributed by atoms with E-state index in [1.165, 1.54) is 89.9 Å². The fourth-order valence-electron chi connectivity index (χ4n) is 15.5. The van der Waals surface area contributed by atoms with Gasteiger partial charge in [-0.3, -0.25) is 0 Å². The van der Waals surface area contributed by atoms with E-state index in [1.807, 2.05) is 0 Å². The lowest BCUT2D eigenvalue weighted by Gasteiger charge is -2.64. The van der Waals surface area contributed by atoms with Crippen molar-refractivity contribution in [1.82, 2.24) is 0 Å². The number of rotatable bonds is 3. The molecule has 0 aromatic carbocycles. The second-order valence-electron chi connectivity index (χ2n) is 19.8. The summed E-state index contributed by atoms with van der Waals surface area (Å²) in [6, 6.07) is 0. The van der Waals surface area contributed by atoms with Gasteiger partial charge in [0.2, 0.25) is 0 Å². The molecule has 0 radical (unpaired) electrons. The summed E-state index contributed by atoms with van der Waals surface area (Å²) in [6.45, 7) is 25.9. The van der Waals surface area contributed by atoms with Gasteiger partial charge in [-0.15, -0.1) is 0 Å². The maximum Gasteiger partial charge on any atom is 0.165 e. The normalized spacial score (nSPS) is 54.6. The molecule has 2 heteroatoms. The van der Waals surface area contributed by atoms with Gasteiger partial charge in [-0.2, -0.15) is 0 Å². The standard InChI is InChI=1S/C40H68O2/c1-25(2)39(24-19-28-29(39)13-16-31-35(5,6)21-12-23-38(28,31)10)34-41-33-18-15-27-30(40(33,42-34)26(3)4)14-17-32-36(7,8)20-11-22-37(27,32)9/h25-34H,11-24H2,1-10H3/t27-,28-,29+,30+,31-,32-,33-,34-,37+,38+,39+,40+/m0/s1. The van der Waals surface area contributed by atoms with Crippen molar-refractivity contribution in [3.8, 4) is 0 Å². The third kappa shape index (κ3) is 3.81. The van der Waals surface area contributed by atoms with E-state index in [-0.39, 0.29) is 23.4 Å². The molecule has 1 aliphatic heterocycles. The van der Waals surface area contributed by atoms with Crippen molar-refractivity contribution in [3.05, 3.63) is 0 Å². The Bertz CT molecular complexity index is 1040. The van der Waals surface area contributed by atoms with Crippen molar-refractivity contribution >= 4 is 0 Å². The van der Waals surface area contributed by atoms with E-state index in [0.29, 0.717) is 39.4 Å². The van der Waals surface area contributed by atoms with Gasteiger partial charge < -0.3 is 9.47 Å². The van der Waals surface area contributed by atoms with Gasteiger partial charge in [0.1, 0.15) is 5.60 Å². The average molecular weight is 581 g/mol. The van der Waals surface area contributed by atoms with E-state index in [4.69, 9.17) is 9.47 Å². The summed E-state index contributed by atoms with van der Waals surface area (Å²) in [5.41, 5.74) is 2.01. The van der Waals surface area contributed by atoms with Gasteiger partial charge in [-0.1, -0.05) is 82.1 Å². The van der Waals surface area contributed by atoms with E-state index in [1.54, 1.807) is 0 Å². The van der Waals surface area contributed by atoms with Gasteiger partial charge in [0.25, 0.3) is 0 Å². The van der Waals surface area contributed by atoms with E-state index in [2.05, 4.69) is 69.2 Å². The highest BCUT2D eigenvalue weighted by Gasteiger charge is 2.71. The topological polar surface area (TPSA) is 18.5 Å². The Morgan fingerprint density at radius 3 is 1.60 bits per heavy atom. The molecule has 42 heavy (non-hydrogen) atoms. The second-order valence-corrected chi connectivity index (χ2v) is 19.8. The van der Waals surface area contributed by atoms with Crippen LogP contribution in [0.25, 0.3) is 0 Å². The maximum atomic E-state index is 7.85. The largest absolute Gasteiger partial charge is 0.346 e. The minimum Gasteiger partial charge on any atom is -0.346 e. The van der Waals surface area contributed by atoms with Crippen molar-refractivity contribution in [2.75, 3.05) is 0 Å². The molecule has 1 heterocycles. The zero-order valence-electron chi connectivity index (χ0n) is 29.5. The van der Waals surface area contributed by atoms with Gasteiger partial charge in [0.15, 0.2) is 6.29 Å². The molecule has 7 fully saturated rings. The monoisotopic (exact) mass is 581 g/mol. The summed E-state index contributed by atoms with van der Waals surface area (Å²) >= 11 is 0. The molecule has 240 valence electrons. The van der Waals surface area contributed by atoms with Crippen LogP contribution >= 0.6 is 0 Å². The van der Waals surface area contributed by atoms with Crippen molar-refractivity contribution in [2.45, 2.75) is 177 Å². The van der Waals surface area contributed by atoms with Crippen LogP contribution in [0.15, 0.2) is 0 Å². The Hall–Kier alpha value is -0.0800. The average Bonchev–Trinajstić information content (AvgIpc) is 3.49. The first kappa shape index (κ1) is 30.6. The Balaban J connectivity index is 1.23. The lowest BCUT2D eigenvalue weighted by Crippen LogP contribution is -2.63. The smallest absolute Gasteiger partial charge is 0.165 e. The molecule has 0 unspecified atom stereocenters. The van der Waals surface area contributed by atoms with Gasteiger partial charge in [-0.05, 0) is 146 Å². The van der Waals surface area contributed by atoms with Crippen LogP contribution in [0.5, 0.6) is 0 Å². The van der Waals surface area contributed by atoms with Crippen LogP contribution in [0.4, 0.5) is 0 Å². The Morgan fingerprint density at radius 2 is 1.05 bits per heavy atom. The van der Waals surface area contributed by atoms with Crippen LogP contribution in [0.2, 0.25) is 0 Å². The van der Waals surface area contributed by atoms with Crippen LogP contribution in [0.3, 0.4) is 0 Å². The van der Waals surface area contributed by atoms with E-state index in [9.17, 15) is 0 Å². The summed E-state index contributed by atoms with van der Waals surface area (Å²) < 4.78 is 15.3. The first-order valence-electron chi connectivity index (χ1n) is 19.0. The SMILES string of the molecule is CC(C)[C@]1([C@H]2O[C@H]3CC[C@H]4[C@@H](CC[C@H]5C(C)(C)CCC[C@]45C)[C@@]3(C(C)C)O2)CC[C@H]2[C@H]1CC[C@H]1C(C)(C)CCC[C@]21C. The molecule has 2 nitrogen and oxygen atoms in total. The van der Waals surface area contributed by atoms with Gasteiger partial charge in [0, 0.05) is 5.41 Å². The molecule has 0 bridgehead atoms. The van der Waals surface area contributed by atoms with E-state index < -0.39 is 0 Å². The van der Waals surface area contributed by atoms with E-state index in [0.717, 1.165) is 29.6 Å². The molecular formula is C40H68O2. The third-order valence-corrected chi connectivity index (χ3v) is 17.2. The summed E-state index contributed by atoms with van der Waals surface area (Å²) in [4.78, 5) is 0. The molecule has 0 aromatic rings. The predicted molar refractivity (Wildman–Crippen MR) is 174 cm³/mol. The number of ether oxygens (including phenoxy) is 2. The summed E-state index contributed by atoms with van der Waals surface area (Å²) in [5, 5.41) is 0. The zero-order chi connectivity index (χ0) is 30.1. The Kier molecular flexibility index (Phi) is 7.07. The first-order valence-corrected chi connectivity index (χ1v) is 19.0. The zero-order valence-corrected chi connectivity index (χ0v) is 29.5.